The molecule has 4 aromatic carbocycles. The van der Waals surface area contributed by atoms with E-state index in [9.17, 15) is 14.4 Å². The fraction of sp³-hybridized carbons (Fsp3) is 0.176. The quantitative estimate of drug-likeness (QED) is 0.164. The highest BCUT2D eigenvalue weighted by Crippen LogP contribution is 2.45. The number of rotatable bonds is 10. The van der Waals surface area contributed by atoms with Gasteiger partial charge in [0.25, 0.3) is 0 Å². The molecular formula is C34H29FN2O6. The maximum atomic E-state index is 13.2. The number of carbonyl (C=O) groups excluding carboxylic acids is 1. The highest BCUT2D eigenvalue weighted by molar-refractivity contribution is 5.91. The lowest BCUT2D eigenvalue weighted by atomic mass is 9.83. The van der Waals surface area contributed by atoms with Crippen LogP contribution in [0.2, 0.25) is 0 Å². The van der Waals surface area contributed by atoms with Crippen LogP contribution in [0.3, 0.4) is 0 Å². The topological polar surface area (TPSA) is 113 Å². The first kappa shape index (κ1) is 29.0. The molecule has 0 spiro atoms. The number of ether oxygens (including phenoxy) is 5. The van der Waals surface area contributed by atoms with E-state index in [2.05, 4.69) is 6.07 Å². The fourth-order valence-electron chi connectivity index (χ4n) is 4.67. The number of carbonyl (C=O) groups is 1. The normalized spacial score (nSPS) is 13.8. The zero-order chi connectivity index (χ0) is 30.3. The van der Waals surface area contributed by atoms with Crippen LogP contribution in [0, 0.1) is 17.1 Å². The molecule has 1 atom stereocenters. The van der Waals surface area contributed by atoms with E-state index in [1.807, 2.05) is 13.0 Å². The highest BCUT2D eigenvalue weighted by atomic mass is 19.1. The third-order valence-corrected chi connectivity index (χ3v) is 6.77. The van der Waals surface area contributed by atoms with Gasteiger partial charge in [-0.1, -0.05) is 37.3 Å². The predicted molar refractivity (Wildman–Crippen MR) is 157 cm³/mol. The van der Waals surface area contributed by atoms with Gasteiger partial charge in [-0.3, -0.25) is 0 Å². The van der Waals surface area contributed by atoms with E-state index in [1.54, 1.807) is 66.7 Å². The molecule has 0 aromatic heterocycles. The van der Waals surface area contributed by atoms with E-state index in [0.29, 0.717) is 46.3 Å². The van der Waals surface area contributed by atoms with Crippen LogP contribution in [0.5, 0.6) is 28.7 Å². The van der Waals surface area contributed by atoms with E-state index in [4.69, 9.17) is 29.4 Å². The van der Waals surface area contributed by atoms with Crippen molar-refractivity contribution >= 4 is 5.97 Å². The Morgan fingerprint density at radius 3 is 2.53 bits per heavy atom. The molecule has 0 amide bonds. The van der Waals surface area contributed by atoms with Gasteiger partial charge in [-0.2, -0.15) is 5.26 Å². The van der Waals surface area contributed by atoms with Crippen molar-refractivity contribution in [1.82, 2.24) is 0 Å². The minimum absolute atomic E-state index is 0.0557. The number of nitrogens with two attached hydrogens (primary N) is 1. The second-order valence-electron chi connectivity index (χ2n) is 9.72. The second kappa shape index (κ2) is 13.0. The van der Waals surface area contributed by atoms with Crippen LogP contribution in [0.15, 0.2) is 96.4 Å². The lowest BCUT2D eigenvalue weighted by Gasteiger charge is -2.27. The predicted octanol–water partition coefficient (Wildman–Crippen LogP) is 6.64. The summed E-state index contributed by atoms with van der Waals surface area (Å²) in [5, 5.41) is 9.98. The number of hydrogen-bond acceptors (Lipinski definition) is 8. The standard InChI is InChI=1S/C34H29FN2O6/c1-3-15-40-25-6-4-5-23(16-25)34(38)42-26-12-13-27-30(18-26)43-33(37)28(19-36)32(27)22-9-14-29(31(17-22)39-2)41-20-21-7-10-24(35)11-8-21/h4-14,16-18,32H,3,15,20,37H2,1-2H3. The number of hydrogen-bond donors (Lipinski definition) is 1. The molecule has 0 saturated carbocycles. The first-order chi connectivity index (χ1) is 20.9. The molecule has 0 fully saturated rings. The zero-order valence-corrected chi connectivity index (χ0v) is 23.6. The molecule has 5 rings (SSSR count). The first-order valence-electron chi connectivity index (χ1n) is 13.6. The lowest BCUT2D eigenvalue weighted by Crippen LogP contribution is -2.21. The summed E-state index contributed by atoms with van der Waals surface area (Å²) in [6, 6.07) is 25.2. The van der Waals surface area contributed by atoms with Gasteiger partial charge in [0, 0.05) is 11.6 Å². The molecular weight excluding hydrogens is 551 g/mol. The van der Waals surface area contributed by atoms with Gasteiger partial charge in [-0.05, 0) is 66.1 Å². The third-order valence-electron chi connectivity index (χ3n) is 6.77. The molecule has 1 aliphatic rings. The number of nitrogens with zero attached hydrogens (tertiary/aromatic N) is 1. The van der Waals surface area contributed by atoms with Gasteiger partial charge in [-0.25, -0.2) is 9.18 Å². The van der Waals surface area contributed by atoms with Crippen LogP contribution in [0.4, 0.5) is 4.39 Å². The van der Waals surface area contributed by atoms with Crippen molar-refractivity contribution in [3.8, 4) is 34.8 Å². The number of allylic oxidation sites excluding steroid dienone is 1. The Hall–Kier alpha value is -5.49. The Morgan fingerprint density at radius 1 is 0.977 bits per heavy atom. The summed E-state index contributed by atoms with van der Waals surface area (Å²) in [5.41, 5.74) is 8.91. The smallest absolute Gasteiger partial charge is 0.343 e. The summed E-state index contributed by atoms with van der Waals surface area (Å²) in [7, 11) is 1.52. The molecule has 0 aliphatic carbocycles. The van der Waals surface area contributed by atoms with Crippen molar-refractivity contribution in [2.45, 2.75) is 25.9 Å². The molecule has 0 radical (unpaired) electrons. The summed E-state index contributed by atoms with van der Waals surface area (Å²) in [6.45, 7) is 2.75. The number of esters is 1. The van der Waals surface area contributed by atoms with Gasteiger partial charge < -0.3 is 29.4 Å². The van der Waals surface area contributed by atoms with Gasteiger partial charge in [-0.15, -0.1) is 0 Å². The average Bonchev–Trinajstić information content (AvgIpc) is 3.02. The van der Waals surface area contributed by atoms with Crippen LogP contribution < -0.4 is 29.4 Å². The van der Waals surface area contributed by atoms with Crippen LogP contribution in [-0.2, 0) is 6.61 Å². The van der Waals surface area contributed by atoms with Gasteiger partial charge in [0.2, 0.25) is 5.88 Å². The summed E-state index contributed by atoms with van der Waals surface area (Å²) in [5.74, 6) is 0.583. The minimum atomic E-state index is -0.578. The van der Waals surface area contributed by atoms with Crippen LogP contribution in [0.25, 0.3) is 0 Å². The van der Waals surface area contributed by atoms with Crippen LogP contribution >= 0.6 is 0 Å². The van der Waals surface area contributed by atoms with Crippen molar-refractivity contribution in [1.29, 1.82) is 5.26 Å². The van der Waals surface area contributed by atoms with Gasteiger partial charge in [0.05, 0.1) is 25.2 Å². The Labute approximate surface area is 248 Å². The van der Waals surface area contributed by atoms with Crippen molar-refractivity contribution in [2.24, 2.45) is 5.73 Å². The van der Waals surface area contributed by atoms with E-state index in [0.717, 1.165) is 12.0 Å². The lowest BCUT2D eigenvalue weighted by molar-refractivity contribution is 0.0734. The van der Waals surface area contributed by atoms with Crippen LogP contribution in [-0.4, -0.2) is 19.7 Å². The Kier molecular flexibility index (Phi) is 8.77. The summed E-state index contributed by atoms with van der Waals surface area (Å²) < 4.78 is 41.8. The second-order valence-corrected chi connectivity index (χ2v) is 9.72. The van der Waals surface area contributed by atoms with Crippen molar-refractivity contribution in [2.75, 3.05) is 13.7 Å². The maximum Gasteiger partial charge on any atom is 0.343 e. The molecule has 2 N–H and O–H groups in total. The number of halogens is 1. The first-order valence-corrected chi connectivity index (χ1v) is 13.6. The minimum Gasteiger partial charge on any atom is -0.494 e. The maximum absolute atomic E-state index is 13.2. The largest absolute Gasteiger partial charge is 0.494 e. The third kappa shape index (κ3) is 6.54. The Balaban J connectivity index is 1.39. The molecule has 4 aromatic rings. The molecule has 1 aliphatic heterocycles. The number of methoxy groups -OCH3 is 1. The molecule has 43 heavy (non-hydrogen) atoms. The van der Waals surface area contributed by atoms with E-state index >= 15 is 0 Å². The SMILES string of the molecule is CCCOc1cccc(C(=O)Oc2ccc3c(c2)OC(N)=C(C#N)C3c2ccc(OCc3ccc(F)cc3)c(OC)c2)c1. The van der Waals surface area contributed by atoms with E-state index < -0.39 is 11.9 Å². The van der Waals surface area contributed by atoms with Gasteiger partial charge in [0.15, 0.2) is 11.5 Å². The van der Waals surface area contributed by atoms with Crippen molar-refractivity contribution in [3.05, 3.63) is 124 Å². The molecule has 1 unspecified atom stereocenters. The summed E-state index contributed by atoms with van der Waals surface area (Å²) >= 11 is 0. The van der Waals surface area contributed by atoms with Crippen molar-refractivity contribution in [3.63, 3.8) is 0 Å². The Bertz CT molecular complexity index is 1710. The van der Waals surface area contributed by atoms with Crippen LogP contribution in [0.1, 0.15) is 46.3 Å². The highest BCUT2D eigenvalue weighted by Gasteiger charge is 2.32. The number of fused-ring (bicyclic) bond motifs is 1. The van der Waals surface area contributed by atoms with Crippen molar-refractivity contribution < 1.29 is 32.9 Å². The number of benzene rings is 4. The fourth-order valence-corrected chi connectivity index (χ4v) is 4.67. The molecule has 8 nitrogen and oxygen atoms in total. The molecule has 9 heteroatoms. The van der Waals surface area contributed by atoms with Gasteiger partial charge >= 0.3 is 5.97 Å². The van der Waals surface area contributed by atoms with E-state index in [1.165, 1.54) is 19.2 Å². The zero-order valence-electron chi connectivity index (χ0n) is 23.6. The average molecular weight is 581 g/mol. The van der Waals surface area contributed by atoms with Gasteiger partial charge in [0.1, 0.15) is 41.3 Å². The molecule has 0 bridgehead atoms. The number of nitriles is 1. The Morgan fingerprint density at radius 2 is 1.79 bits per heavy atom. The monoisotopic (exact) mass is 580 g/mol. The molecule has 218 valence electrons. The molecule has 1 heterocycles. The summed E-state index contributed by atoms with van der Waals surface area (Å²) in [4.78, 5) is 12.9. The summed E-state index contributed by atoms with van der Waals surface area (Å²) in [6.07, 6.45) is 0.845. The molecule has 0 saturated heterocycles. The van der Waals surface area contributed by atoms with E-state index in [-0.39, 0.29) is 29.6 Å².